The Labute approximate surface area is 104 Å². The summed E-state index contributed by atoms with van der Waals surface area (Å²) in [5.41, 5.74) is 0. The molecule has 0 rings (SSSR count). The Morgan fingerprint density at radius 3 is 2.18 bits per heavy atom. The summed E-state index contributed by atoms with van der Waals surface area (Å²) in [5.74, 6) is -1.99. The summed E-state index contributed by atoms with van der Waals surface area (Å²) in [4.78, 5) is 22.4. The van der Waals surface area contributed by atoms with E-state index in [0.29, 0.717) is 12.2 Å². The average molecular weight is 263 g/mol. The highest BCUT2D eigenvalue weighted by atomic mass is 32.2. The molecular weight excluding hydrogens is 242 g/mol. The summed E-state index contributed by atoms with van der Waals surface area (Å²) in [5, 5.41) is 11.5. The molecule has 4 unspecified atom stereocenters. The number of aliphatic carboxylic acids is 1. The van der Waals surface area contributed by atoms with Gasteiger partial charge in [0.15, 0.2) is 0 Å². The molecule has 1 amide bonds. The second-order valence-corrected chi connectivity index (χ2v) is 5.95. The van der Waals surface area contributed by atoms with Gasteiger partial charge in [-0.1, -0.05) is 13.8 Å². The number of nitrogens with one attached hydrogen (secondary N) is 1. The minimum Gasteiger partial charge on any atom is -0.481 e. The maximum absolute atomic E-state index is 11.7. The van der Waals surface area contributed by atoms with Gasteiger partial charge in [-0.3, -0.25) is 13.8 Å². The first kappa shape index (κ1) is 16.1. The van der Waals surface area contributed by atoms with E-state index in [1.54, 1.807) is 13.2 Å². The van der Waals surface area contributed by atoms with Crippen LogP contribution in [-0.4, -0.2) is 39.2 Å². The van der Waals surface area contributed by atoms with Crippen molar-refractivity contribution in [2.24, 2.45) is 11.8 Å². The first-order valence-corrected chi connectivity index (χ1v) is 7.31. The smallest absolute Gasteiger partial charge is 0.307 e. The lowest BCUT2D eigenvalue weighted by Gasteiger charge is -2.19. The molecule has 6 heteroatoms. The molecule has 0 bridgehead atoms. The Bertz CT molecular complexity index is 306. The van der Waals surface area contributed by atoms with Crippen molar-refractivity contribution in [1.82, 2.24) is 5.32 Å². The third-order valence-corrected chi connectivity index (χ3v) is 3.59. The number of amides is 1. The van der Waals surface area contributed by atoms with Crippen LogP contribution >= 0.6 is 0 Å². The number of carboxylic acids is 1. The lowest BCUT2D eigenvalue weighted by Crippen LogP contribution is -2.40. The van der Waals surface area contributed by atoms with Crippen LogP contribution < -0.4 is 5.32 Å². The summed E-state index contributed by atoms with van der Waals surface area (Å²) in [6.45, 7) is 4.93. The van der Waals surface area contributed by atoms with Crippen LogP contribution in [0.4, 0.5) is 0 Å². The third-order valence-electron chi connectivity index (χ3n) is 2.78. The molecule has 2 N–H and O–H groups in total. The first-order valence-electron chi connectivity index (χ1n) is 5.59. The molecule has 0 radical (unpaired) electrons. The van der Waals surface area contributed by atoms with Crippen LogP contribution in [0, 0.1) is 11.8 Å². The minimum absolute atomic E-state index is 0.0881. The molecule has 4 atom stereocenters. The van der Waals surface area contributed by atoms with E-state index in [2.05, 4.69) is 5.32 Å². The van der Waals surface area contributed by atoms with Crippen molar-refractivity contribution in [3.05, 3.63) is 0 Å². The fourth-order valence-corrected chi connectivity index (χ4v) is 1.92. The highest BCUT2D eigenvalue weighted by molar-refractivity contribution is 7.84. The highest BCUT2D eigenvalue weighted by Gasteiger charge is 2.26. The monoisotopic (exact) mass is 263 g/mol. The van der Waals surface area contributed by atoms with Gasteiger partial charge in [0.2, 0.25) is 5.91 Å². The average Bonchev–Trinajstić information content (AvgIpc) is 2.23. The van der Waals surface area contributed by atoms with Gasteiger partial charge in [0.1, 0.15) is 0 Å². The number of carbonyl (C=O) groups is 2. The molecule has 0 aromatic carbocycles. The highest BCUT2D eigenvalue weighted by Crippen LogP contribution is 2.11. The predicted octanol–water partition coefficient (Wildman–Crippen LogP) is 0.616. The second kappa shape index (κ2) is 7.42. The number of carboxylic acid groups (broad SMARTS) is 1. The Morgan fingerprint density at radius 1 is 1.24 bits per heavy atom. The molecule has 17 heavy (non-hydrogen) atoms. The van der Waals surface area contributed by atoms with E-state index in [-0.39, 0.29) is 11.9 Å². The van der Waals surface area contributed by atoms with Crippen LogP contribution in [-0.2, 0) is 20.4 Å². The third kappa shape index (κ3) is 6.41. The SMILES string of the molecule is CC(CCS(C)=O)NC(=O)C(C)C(C)C(=O)O. The largest absolute Gasteiger partial charge is 0.481 e. The zero-order valence-electron chi connectivity index (χ0n) is 10.7. The quantitative estimate of drug-likeness (QED) is 0.705. The second-order valence-electron chi connectivity index (χ2n) is 4.39. The summed E-state index contributed by atoms with van der Waals surface area (Å²) in [7, 11) is -0.873. The summed E-state index contributed by atoms with van der Waals surface area (Å²) in [6, 6.07) is -0.0881. The van der Waals surface area contributed by atoms with Crippen LogP contribution in [0.2, 0.25) is 0 Å². The van der Waals surface area contributed by atoms with Gasteiger partial charge in [0.25, 0.3) is 0 Å². The van der Waals surface area contributed by atoms with Crippen molar-refractivity contribution < 1.29 is 18.9 Å². The Morgan fingerprint density at radius 2 is 1.76 bits per heavy atom. The lowest BCUT2D eigenvalue weighted by atomic mass is 9.95. The van der Waals surface area contributed by atoms with E-state index in [4.69, 9.17) is 5.11 Å². The van der Waals surface area contributed by atoms with Crippen molar-refractivity contribution >= 4 is 22.7 Å². The molecule has 0 aromatic heterocycles. The fourth-order valence-electron chi connectivity index (χ4n) is 1.23. The van der Waals surface area contributed by atoms with Gasteiger partial charge in [-0.2, -0.15) is 0 Å². The lowest BCUT2D eigenvalue weighted by molar-refractivity contribution is -0.146. The van der Waals surface area contributed by atoms with Crippen LogP contribution in [0.5, 0.6) is 0 Å². The van der Waals surface area contributed by atoms with Gasteiger partial charge in [0, 0.05) is 34.8 Å². The number of carbonyl (C=O) groups excluding carboxylic acids is 1. The summed E-state index contributed by atoms with van der Waals surface area (Å²) in [6.07, 6.45) is 2.24. The molecule has 0 saturated carbocycles. The Balaban J connectivity index is 4.15. The number of hydrogen-bond acceptors (Lipinski definition) is 3. The zero-order chi connectivity index (χ0) is 13.6. The first-order chi connectivity index (χ1) is 7.75. The van der Waals surface area contributed by atoms with Gasteiger partial charge in [-0.05, 0) is 13.3 Å². The molecule has 0 fully saturated rings. The molecule has 0 saturated heterocycles. The molecular formula is C11H21NO4S. The van der Waals surface area contributed by atoms with Crippen molar-refractivity contribution in [1.29, 1.82) is 0 Å². The Hall–Kier alpha value is -0.910. The topological polar surface area (TPSA) is 83.5 Å². The molecule has 100 valence electrons. The van der Waals surface area contributed by atoms with Crippen molar-refractivity contribution in [3.8, 4) is 0 Å². The standard InChI is InChI=1S/C11H21NO4S/c1-7(5-6-17(4)16)12-10(13)8(2)9(3)11(14)15/h7-9H,5-6H2,1-4H3,(H,12,13)(H,14,15). The van der Waals surface area contributed by atoms with Gasteiger partial charge < -0.3 is 10.4 Å². The van der Waals surface area contributed by atoms with Crippen LogP contribution in [0.1, 0.15) is 27.2 Å². The zero-order valence-corrected chi connectivity index (χ0v) is 11.5. The number of hydrogen-bond donors (Lipinski definition) is 2. The van der Waals surface area contributed by atoms with Crippen LogP contribution in [0.3, 0.4) is 0 Å². The number of rotatable bonds is 7. The van der Waals surface area contributed by atoms with Gasteiger partial charge in [-0.15, -0.1) is 0 Å². The minimum atomic E-state index is -0.977. The maximum atomic E-state index is 11.7. The summed E-state index contributed by atoms with van der Waals surface area (Å²) >= 11 is 0. The maximum Gasteiger partial charge on any atom is 0.307 e. The predicted molar refractivity (Wildman–Crippen MR) is 67.1 cm³/mol. The molecule has 0 spiro atoms. The van der Waals surface area contributed by atoms with Crippen molar-refractivity contribution in [2.45, 2.75) is 33.2 Å². The molecule has 0 aliphatic heterocycles. The molecule has 0 heterocycles. The van der Waals surface area contributed by atoms with E-state index in [1.807, 2.05) is 6.92 Å². The molecule has 5 nitrogen and oxygen atoms in total. The van der Waals surface area contributed by atoms with Gasteiger partial charge in [-0.25, -0.2) is 0 Å². The fraction of sp³-hybridized carbons (Fsp3) is 0.818. The Kier molecular flexibility index (Phi) is 7.03. The normalized spacial score (nSPS) is 17.9. The van der Waals surface area contributed by atoms with Crippen molar-refractivity contribution in [2.75, 3.05) is 12.0 Å². The van der Waals surface area contributed by atoms with E-state index < -0.39 is 28.6 Å². The molecule has 0 aromatic rings. The van der Waals surface area contributed by atoms with Gasteiger partial charge in [0.05, 0.1) is 5.92 Å². The van der Waals surface area contributed by atoms with E-state index in [1.165, 1.54) is 6.92 Å². The molecule has 0 aliphatic rings. The summed E-state index contributed by atoms with van der Waals surface area (Å²) < 4.78 is 10.9. The van der Waals surface area contributed by atoms with E-state index in [0.717, 1.165) is 0 Å². The van der Waals surface area contributed by atoms with Crippen LogP contribution in [0.25, 0.3) is 0 Å². The van der Waals surface area contributed by atoms with Crippen LogP contribution in [0.15, 0.2) is 0 Å². The van der Waals surface area contributed by atoms with Crippen molar-refractivity contribution in [3.63, 3.8) is 0 Å². The molecule has 0 aliphatic carbocycles. The van der Waals surface area contributed by atoms with E-state index in [9.17, 15) is 13.8 Å². The van der Waals surface area contributed by atoms with E-state index >= 15 is 0 Å². The van der Waals surface area contributed by atoms with Gasteiger partial charge >= 0.3 is 5.97 Å².